The van der Waals surface area contributed by atoms with E-state index >= 15 is 0 Å². The largest absolute Gasteiger partial charge is 0.379 e. The van der Waals surface area contributed by atoms with Crippen LogP contribution in [-0.4, -0.2) is 51.5 Å². The smallest absolute Gasteiger partial charge is 0.191 e. The van der Waals surface area contributed by atoms with E-state index in [2.05, 4.69) is 29.5 Å². The van der Waals surface area contributed by atoms with Gasteiger partial charge in [0.25, 0.3) is 0 Å². The van der Waals surface area contributed by atoms with E-state index in [0.29, 0.717) is 6.10 Å². The number of hydrogen-bond donors (Lipinski definition) is 2. The van der Waals surface area contributed by atoms with E-state index in [0.717, 1.165) is 58.3 Å². The molecule has 0 aromatic carbocycles. The van der Waals surface area contributed by atoms with Gasteiger partial charge in [-0.1, -0.05) is 19.8 Å². The van der Waals surface area contributed by atoms with Crippen LogP contribution >= 0.6 is 24.0 Å². The maximum atomic E-state index is 5.72. The van der Waals surface area contributed by atoms with Crippen molar-refractivity contribution in [2.75, 3.05) is 39.5 Å². The number of nitrogens with one attached hydrogen (secondary N) is 2. The fraction of sp³-hybridized carbons (Fsp3) is 0.933. The summed E-state index contributed by atoms with van der Waals surface area (Å²) in [6.07, 6.45) is 6.01. The third-order valence-electron chi connectivity index (χ3n) is 3.23. The summed E-state index contributed by atoms with van der Waals surface area (Å²) in [5.74, 6) is 0.924. The Bertz CT molecular complexity index is 259. The van der Waals surface area contributed by atoms with Crippen molar-refractivity contribution in [2.24, 2.45) is 4.99 Å². The molecule has 1 atom stereocenters. The van der Waals surface area contributed by atoms with Crippen LogP contribution < -0.4 is 10.6 Å². The van der Waals surface area contributed by atoms with E-state index in [4.69, 9.17) is 9.47 Å². The maximum Gasteiger partial charge on any atom is 0.191 e. The second kappa shape index (κ2) is 14.8. The molecule has 2 N–H and O–H groups in total. The lowest BCUT2D eigenvalue weighted by atomic mass is 10.2. The van der Waals surface area contributed by atoms with Crippen LogP contribution in [0.25, 0.3) is 0 Å². The molecular weight excluding hydrogens is 381 g/mol. The van der Waals surface area contributed by atoms with Gasteiger partial charge in [0, 0.05) is 32.8 Å². The van der Waals surface area contributed by atoms with Crippen molar-refractivity contribution < 1.29 is 9.47 Å². The molecule has 6 heteroatoms. The number of nitrogens with zero attached hydrogens (tertiary/aromatic N) is 1. The number of unbranched alkanes of at least 4 members (excludes halogenated alkanes) is 2. The molecule has 5 nitrogen and oxygen atoms in total. The molecule has 1 heterocycles. The van der Waals surface area contributed by atoms with Crippen LogP contribution in [0, 0.1) is 0 Å². The molecule has 1 unspecified atom stereocenters. The first kappa shape index (κ1) is 20.9. The first-order valence-corrected chi connectivity index (χ1v) is 8.08. The number of hydrogen-bond acceptors (Lipinski definition) is 3. The molecule has 0 spiro atoms. The molecule has 0 bridgehead atoms. The van der Waals surface area contributed by atoms with Gasteiger partial charge in [0.15, 0.2) is 5.96 Å². The topological polar surface area (TPSA) is 54.9 Å². The summed E-state index contributed by atoms with van der Waals surface area (Å²) in [5, 5.41) is 6.64. The minimum atomic E-state index is 0. The molecule has 0 aromatic rings. The highest BCUT2D eigenvalue weighted by molar-refractivity contribution is 14.0. The Kier molecular flexibility index (Phi) is 14.8. The second-order valence-corrected chi connectivity index (χ2v) is 5.10. The summed E-state index contributed by atoms with van der Waals surface area (Å²) in [5.41, 5.74) is 0. The Morgan fingerprint density at radius 1 is 1.24 bits per heavy atom. The van der Waals surface area contributed by atoms with Crippen molar-refractivity contribution in [3.63, 3.8) is 0 Å². The van der Waals surface area contributed by atoms with E-state index in [9.17, 15) is 0 Å². The SMILES string of the molecule is CCCCCNC(=NCCCOC1CCOC1)NCC.I. The highest BCUT2D eigenvalue weighted by Gasteiger charge is 2.15. The number of halogens is 1. The predicted molar refractivity (Wildman–Crippen MR) is 98.7 cm³/mol. The summed E-state index contributed by atoms with van der Waals surface area (Å²) in [6.45, 7) is 9.37. The maximum absolute atomic E-state index is 5.72. The van der Waals surface area contributed by atoms with Gasteiger partial charge in [-0.2, -0.15) is 0 Å². The van der Waals surface area contributed by atoms with Crippen LogP contribution in [0.1, 0.15) is 46.0 Å². The normalized spacial score (nSPS) is 18.4. The van der Waals surface area contributed by atoms with Gasteiger partial charge in [-0.25, -0.2) is 0 Å². The molecule has 1 aliphatic rings. The van der Waals surface area contributed by atoms with Gasteiger partial charge in [0.2, 0.25) is 0 Å². The van der Waals surface area contributed by atoms with Crippen LogP contribution in [0.5, 0.6) is 0 Å². The summed E-state index contributed by atoms with van der Waals surface area (Å²) >= 11 is 0. The number of rotatable bonds is 10. The minimum absolute atomic E-state index is 0. The Morgan fingerprint density at radius 2 is 2.10 bits per heavy atom. The van der Waals surface area contributed by atoms with Gasteiger partial charge in [0.1, 0.15) is 0 Å². The van der Waals surface area contributed by atoms with Gasteiger partial charge < -0.3 is 20.1 Å². The van der Waals surface area contributed by atoms with Crippen LogP contribution in [-0.2, 0) is 9.47 Å². The van der Waals surface area contributed by atoms with E-state index < -0.39 is 0 Å². The van der Waals surface area contributed by atoms with Crippen LogP contribution in [0.15, 0.2) is 4.99 Å². The Morgan fingerprint density at radius 3 is 2.76 bits per heavy atom. The molecule has 1 rings (SSSR count). The lowest BCUT2D eigenvalue weighted by molar-refractivity contribution is 0.0424. The van der Waals surface area contributed by atoms with Crippen molar-refractivity contribution in [2.45, 2.75) is 52.1 Å². The first-order valence-electron chi connectivity index (χ1n) is 8.08. The molecule has 0 aromatic heterocycles. The van der Waals surface area contributed by atoms with Gasteiger partial charge >= 0.3 is 0 Å². The number of aliphatic imine (C=N–C) groups is 1. The van der Waals surface area contributed by atoms with Crippen molar-refractivity contribution in [3.8, 4) is 0 Å². The Balaban J connectivity index is 0.00000400. The van der Waals surface area contributed by atoms with Crippen LogP contribution in [0.2, 0.25) is 0 Å². The van der Waals surface area contributed by atoms with E-state index in [1.807, 2.05) is 0 Å². The monoisotopic (exact) mass is 413 g/mol. The lowest BCUT2D eigenvalue weighted by Gasteiger charge is -2.11. The summed E-state index contributed by atoms with van der Waals surface area (Å²) in [4.78, 5) is 4.56. The molecule has 0 amide bonds. The van der Waals surface area contributed by atoms with Crippen LogP contribution in [0.4, 0.5) is 0 Å². The lowest BCUT2D eigenvalue weighted by Crippen LogP contribution is -2.37. The average Bonchev–Trinajstić information content (AvgIpc) is 2.96. The average molecular weight is 413 g/mol. The minimum Gasteiger partial charge on any atom is -0.379 e. The third kappa shape index (κ3) is 11.2. The molecule has 21 heavy (non-hydrogen) atoms. The van der Waals surface area contributed by atoms with Crippen molar-refractivity contribution >= 4 is 29.9 Å². The number of guanidine groups is 1. The Hall–Kier alpha value is -0.0800. The van der Waals surface area contributed by atoms with Crippen molar-refractivity contribution in [1.29, 1.82) is 0 Å². The second-order valence-electron chi connectivity index (χ2n) is 5.10. The van der Waals surface area contributed by atoms with Crippen molar-refractivity contribution in [1.82, 2.24) is 10.6 Å². The van der Waals surface area contributed by atoms with Gasteiger partial charge in [-0.05, 0) is 26.2 Å². The third-order valence-corrected chi connectivity index (χ3v) is 3.23. The van der Waals surface area contributed by atoms with E-state index in [1.165, 1.54) is 19.3 Å². The fourth-order valence-corrected chi connectivity index (χ4v) is 2.07. The number of ether oxygens (including phenoxy) is 2. The van der Waals surface area contributed by atoms with Crippen molar-refractivity contribution in [3.05, 3.63) is 0 Å². The first-order chi connectivity index (χ1) is 9.86. The highest BCUT2D eigenvalue weighted by Crippen LogP contribution is 2.08. The quantitative estimate of drug-likeness (QED) is 0.250. The summed E-state index contributed by atoms with van der Waals surface area (Å²) in [7, 11) is 0. The highest BCUT2D eigenvalue weighted by atomic mass is 127. The summed E-state index contributed by atoms with van der Waals surface area (Å²) < 4.78 is 11.0. The van der Waals surface area contributed by atoms with E-state index in [-0.39, 0.29) is 24.0 Å². The van der Waals surface area contributed by atoms with E-state index in [1.54, 1.807) is 0 Å². The zero-order valence-corrected chi connectivity index (χ0v) is 15.9. The van der Waals surface area contributed by atoms with Gasteiger partial charge in [-0.15, -0.1) is 24.0 Å². The standard InChI is InChI=1S/C15H31N3O2.HI/c1-3-5-6-9-17-15(16-4-2)18-10-7-11-20-14-8-12-19-13-14;/h14H,3-13H2,1-2H3,(H2,16,17,18);1H. The molecule has 1 saturated heterocycles. The zero-order chi connectivity index (χ0) is 14.5. The fourth-order valence-electron chi connectivity index (χ4n) is 2.07. The molecule has 1 aliphatic heterocycles. The molecule has 0 aliphatic carbocycles. The molecule has 0 radical (unpaired) electrons. The molecule has 126 valence electrons. The zero-order valence-electron chi connectivity index (χ0n) is 13.5. The molecule has 0 saturated carbocycles. The predicted octanol–water partition coefficient (Wildman–Crippen LogP) is 2.55. The van der Waals surface area contributed by atoms with Gasteiger partial charge in [0.05, 0.1) is 12.7 Å². The van der Waals surface area contributed by atoms with Gasteiger partial charge in [-0.3, -0.25) is 4.99 Å². The molecule has 1 fully saturated rings. The van der Waals surface area contributed by atoms with Crippen LogP contribution in [0.3, 0.4) is 0 Å². The molecular formula is C15H32IN3O2. The summed E-state index contributed by atoms with van der Waals surface area (Å²) in [6, 6.07) is 0. The Labute approximate surface area is 146 Å².